The van der Waals surface area contributed by atoms with Crippen molar-refractivity contribution < 1.29 is 14.3 Å². The second-order valence-corrected chi connectivity index (χ2v) is 6.96. The number of likely N-dealkylation sites (N-methyl/N-ethyl adjacent to an activating group) is 1. The molecule has 2 aromatic carbocycles. The topological polar surface area (TPSA) is 77.7 Å². The molecule has 1 heterocycles. The molecule has 1 atom stereocenters. The Balaban J connectivity index is 1.96. The molecule has 3 rings (SSSR count). The van der Waals surface area contributed by atoms with Crippen LogP contribution in [0, 0.1) is 0 Å². The van der Waals surface area contributed by atoms with Gasteiger partial charge < -0.3 is 20.1 Å². The van der Waals surface area contributed by atoms with E-state index in [-0.39, 0.29) is 18.4 Å². The number of nitrogens with zero attached hydrogens (tertiary/aromatic N) is 2. The lowest BCUT2D eigenvalue weighted by Crippen LogP contribution is -2.31. The summed E-state index contributed by atoms with van der Waals surface area (Å²) in [6, 6.07) is 13.7. The zero-order valence-electron chi connectivity index (χ0n) is 17.3. The first-order valence-corrected chi connectivity index (χ1v) is 9.53. The maximum atomic E-state index is 13.0. The Hall–Kier alpha value is -3.12. The van der Waals surface area contributed by atoms with Gasteiger partial charge in [0.25, 0.3) is 0 Å². The number of hydrogen-bond acceptors (Lipinski definition) is 5. The SMILES string of the molecule is COc1cc2c(CC(=O)N(C)[C@@H](C)c3ccccc3)cnc(CN)c2cc1OC. The van der Waals surface area contributed by atoms with Crippen LogP contribution in [0.3, 0.4) is 0 Å². The molecular weight excluding hydrogens is 366 g/mol. The molecule has 1 amide bonds. The first-order valence-electron chi connectivity index (χ1n) is 9.53. The minimum atomic E-state index is -0.0270. The molecule has 0 saturated carbocycles. The van der Waals surface area contributed by atoms with Gasteiger partial charge in [-0.25, -0.2) is 0 Å². The van der Waals surface area contributed by atoms with E-state index in [0.29, 0.717) is 18.0 Å². The summed E-state index contributed by atoms with van der Waals surface area (Å²) < 4.78 is 10.9. The molecule has 0 aliphatic carbocycles. The molecule has 29 heavy (non-hydrogen) atoms. The van der Waals surface area contributed by atoms with Crippen LogP contribution in [-0.2, 0) is 17.8 Å². The van der Waals surface area contributed by atoms with E-state index in [1.54, 1.807) is 25.3 Å². The summed E-state index contributed by atoms with van der Waals surface area (Å²) in [6.07, 6.45) is 1.97. The average Bonchev–Trinajstić information content (AvgIpc) is 2.77. The van der Waals surface area contributed by atoms with E-state index in [4.69, 9.17) is 15.2 Å². The van der Waals surface area contributed by atoms with Crippen LogP contribution in [0.15, 0.2) is 48.7 Å². The van der Waals surface area contributed by atoms with Crippen LogP contribution in [0.1, 0.15) is 29.8 Å². The summed E-state index contributed by atoms with van der Waals surface area (Å²) in [6.45, 7) is 2.32. The van der Waals surface area contributed by atoms with Gasteiger partial charge in [0.1, 0.15) is 0 Å². The molecule has 6 heteroatoms. The Kier molecular flexibility index (Phi) is 6.34. The van der Waals surface area contributed by atoms with E-state index in [0.717, 1.165) is 27.6 Å². The number of benzene rings is 2. The van der Waals surface area contributed by atoms with Crippen LogP contribution in [0.2, 0.25) is 0 Å². The molecule has 152 valence electrons. The van der Waals surface area contributed by atoms with Crippen LogP contribution in [0.5, 0.6) is 11.5 Å². The van der Waals surface area contributed by atoms with Gasteiger partial charge in [-0.1, -0.05) is 30.3 Å². The van der Waals surface area contributed by atoms with E-state index in [1.165, 1.54) is 0 Å². The van der Waals surface area contributed by atoms with E-state index in [9.17, 15) is 4.79 Å². The van der Waals surface area contributed by atoms with Crippen LogP contribution in [0.25, 0.3) is 10.8 Å². The van der Waals surface area contributed by atoms with E-state index >= 15 is 0 Å². The number of nitrogens with two attached hydrogens (primary N) is 1. The third kappa shape index (κ3) is 4.17. The molecule has 0 radical (unpaired) electrons. The normalized spacial score (nSPS) is 11.9. The minimum absolute atomic E-state index is 0.0136. The molecule has 0 bridgehead atoms. The average molecular weight is 393 g/mol. The summed E-state index contributed by atoms with van der Waals surface area (Å²) >= 11 is 0. The Morgan fingerprint density at radius 2 is 1.72 bits per heavy atom. The van der Waals surface area contributed by atoms with Crippen LogP contribution >= 0.6 is 0 Å². The number of methoxy groups -OCH3 is 2. The Morgan fingerprint density at radius 1 is 1.10 bits per heavy atom. The minimum Gasteiger partial charge on any atom is -0.493 e. The van der Waals surface area contributed by atoms with Crippen molar-refractivity contribution in [2.75, 3.05) is 21.3 Å². The van der Waals surface area contributed by atoms with Crippen molar-refractivity contribution in [3.63, 3.8) is 0 Å². The molecule has 3 aromatic rings. The van der Waals surface area contributed by atoms with Gasteiger partial charge in [-0.15, -0.1) is 0 Å². The van der Waals surface area contributed by atoms with Gasteiger partial charge in [0.05, 0.1) is 32.4 Å². The maximum absolute atomic E-state index is 13.0. The molecule has 0 saturated heterocycles. The molecular formula is C23H27N3O3. The first-order chi connectivity index (χ1) is 14.0. The summed E-state index contributed by atoms with van der Waals surface area (Å²) in [4.78, 5) is 19.3. The third-order valence-electron chi connectivity index (χ3n) is 5.35. The third-order valence-corrected chi connectivity index (χ3v) is 5.35. The van der Waals surface area contributed by atoms with Crippen molar-refractivity contribution in [2.45, 2.75) is 25.9 Å². The molecule has 0 aliphatic heterocycles. The molecule has 1 aromatic heterocycles. The van der Waals surface area contributed by atoms with Crippen molar-refractivity contribution in [1.82, 2.24) is 9.88 Å². The van der Waals surface area contributed by atoms with Gasteiger partial charge in [0.2, 0.25) is 5.91 Å². The molecule has 0 unspecified atom stereocenters. The second kappa shape index (κ2) is 8.92. The highest BCUT2D eigenvalue weighted by atomic mass is 16.5. The second-order valence-electron chi connectivity index (χ2n) is 6.96. The van der Waals surface area contributed by atoms with Crippen molar-refractivity contribution >= 4 is 16.7 Å². The molecule has 2 N–H and O–H groups in total. The fourth-order valence-corrected chi connectivity index (χ4v) is 3.44. The number of amides is 1. The zero-order valence-corrected chi connectivity index (χ0v) is 17.3. The predicted octanol–water partition coefficient (Wildman–Crippen LogP) is 3.47. The zero-order chi connectivity index (χ0) is 21.0. The molecule has 6 nitrogen and oxygen atoms in total. The fraction of sp³-hybridized carbons (Fsp3) is 0.304. The largest absolute Gasteiger partial charge is 0.493 e. The summed E-state index contributed by atoms with van der Waals surface area (Å²) in [5.74, 6) is 1.23. The van der Waals surface area contributed by atoms with Gasteiger partial charge in [0.15, 0.2) is 11.5 Å². The number of carbonyl (C=O) groups is 1. The Bertz CT molecular complexity index is 1010. The monoisotopic (exact) mass is 393 g/mol. The number of pyridine rings is 1. The van der Waals surface area contributed by atoms with Gasteiger partial charge >= 0.3 is 0 Å². The van der Waals surface area contributed by atoms with Gasteiger partial charge in [0, 0.05) is 25.2 Å². The summed E-state index contributed by atoms with van der Waals surface area (Å²) in [5.41, 5.74) is 8.55. The van der Waals surface area contributed by atoms with Gasteiger partial charge in [-0.05, 0) is 35.6 Å². The predicted molar refractivity (Wildman–Crippen MR) is 114 cm³/mol. The van der Waals surface area contributed by atoms with Gasteiger partial charge in [-0.3, -0.25) is 9.78 Å². The van der Waals surface area contributed by atoms with E-state index < -0.39 is 0 Å². The maximum Gasteiger partial charge on any atom is 0.227 e. The van der Waals surface area contributed by atoms with E-state index in [2.05, 4.69) is 4.98 Å². The summed E-state index contributed by atoms with van der Waals surface area (Å²) in [7, 11) is 5.01. The highest BCUT2D eigenvalue weighted by Crippen LogP contribution is 2.35. The number of carbonyl (C=O) groups excluding carboxylic acids is 1. The van der Waals surface area contributed by atoms with Crippen LogP contribution < -0.4 is 15.2 Å². The quantitative estimate of drug-likeness (QED) is 0.665. The number of fused-ring (bicyclic) bond motifs is 1. The smallest absolute Gasteiger partial charge is 0.227 e. The number of rotatable bonds is 7. The highest BCUT2D eigenvalue weighted by Gasteiger charge is 2.20. The van der Waals surface area contributed by atoms with Crippen molar-refractivity contribution in [3.8, 4) is 11.5 Å². The number of hydrogen-bond donors (Lipinski definition) is 1. The highest BCUT2D eigenvalue weighted by molar-refractivity contribution is 5.93. The lowest BCUT2D eigenvalue weighted by Gasteiger charge is -2.26. The number of aromatic nitrogens is 1. The summed E-state index contributed by atoms with van der Waals surface area (Å²) in [5, 5.41) is 1.77. The molecule has 0 fully saturated rings. The van der Waals surface area contributed by atoms with Crippen molar-refractivity contribution in [1.29, 1.82) is 0 Å². The lowest BCUT2D eigenvalue weighted by molar-refractivity contribution is -0.131. The lowest BCUT2D eigenvalue weighted by atomic mass is 10.0. The molecule has 0 spiro atoms. The van der Waals surface area contributed by atoms with Gasteiger partial charge in [-0.2, -0.15) is 0 Å². The molecule has 0 aliphatic rings. The first kappa shape index (κ1) is 20.6. The van der Waals surface area contributed by atoms with Crippen LogP contribution in [-0.4, -0.2) is 37.1 Å². The standard InChI is InChI=1S/C23H27N3O3/c1-15(16-8-6-5-7-9-16)26(2)23(27)10-17-14-25-20(13-24)19-12-22(29-4)21(28-3)11-18(17)19/h5-9,11-12,14-15H,10,13,24H2,1-4H3/t15-/m0/s1. The fourth-order valence-electron chi connectivity index (χ4n) is 3.44. The van der Waals surface area contributed by atoms with Crippen LogP contribution in [0.4, 0.5) is 0 Å². The Labute approximate surface area is 171 Å². The number of ether oxygens (including phenoxy) is 2. The van der Waals surface area contributed by atoms with Crippen molar-refractivity contribution in [3.05, 3.63) is 65.5 Å². The van der Waals surface area contributed by atoms with Crippen molar-refractivity contribution in [2.24, 2.45) is 5.73 Å². The van der Waals surface area contributed by atoms with E-state index in [1.807, 2.05) is 56.4 Å². The Morgan fingerprint density at radius 3 is 2.31 bits per heavy atom.